The zero-order chi connectivity index (χ0) is 19.5. The average molecular weight is 395 g/mol. The van der Waals surface area contributed by atoms with Gasteiger partial charge in [-0.2, -0.15) is 9.78 Å². The van der Waals surface area contributed by atoms with Crippen LogP contribution < -0.4 is 15.4 Å². The number of methoxy groups -OCH3 is 1. The molecule has 0 saturated heterocycles. The van der Waals surface area contributed by atoms with Crippen LogP contribution in [0.2, 0.25) is 0 Å². The number of carbonyl (C=O) groups is 1. The summed E-state index contributed by atoms with van der Waals surface area (Å²) in [5.74, 6) is 1.91. The molecule has 4 rings (SSSR count). The maximum atomic E-state index is 12.4. The van der Waals surface area contributed by atoms with Gasteiger partial charge in [0, 0.05) is 17.1 Å². The quantitative estimate of drug-likeness (QED) is 0.517. The van der Waals surface area contributed by atoms with Crippen molar-refractivity contribution >= 4 is 28.9 Å². The maximum Gasteiger partial charge on any atom is 0.324 e. The van der Waals surface area contributed by atoms with Crippen LogP contribution >= 0.6 is 11.3 Å². The molecule has 2 amide bonds. The van der Waals surface area contributed by atoms with E-state index in [0.717, 1.165) is 11.4 Å². The predicted octanol–water partition coefficient (Wildman–Crippen LogP) is 4.55. The predicted molar refractivity (Wildman–Crippen MR) is 107 cm³/mol. The van der Waals surface area contributed by atoms with Crippen LogP contribution in [-0.4, -0.2) is 27.9 Å². The Morgan fingerprint density at radius 2 is 2.04 bits per heavy atom. The van der Waals surface area contributed by atoms with Gasteiger partial charge in [0.25, 0.3) is 0 Å². The van der Waals surface area contributed by atoms with Crippen molar-refractivity contribution in [3.63, 3.8) is 0 Å². The molecule has 4 aromatic rings. The highest BCUT2D eigenvalue weighted by molar-refractivity contribution is 7.12. The van der Waals surface area contributed by atoms with Crippen molar-refractivity contribution in [1.29, 1.82) is 0 Å². The summed E-state index contributed by atoms with van der Waals surface area (Å²) < 4.78 is 12.1. The van der Waals surface area contributed by atoms with Crippen molar-refractivity contribution < 1.29 is 13.9 Å². The van der Waals surface area contributed by atoms with Gasteiger partial charge in [-0.15, -0.1) is 11.3 Å². The van der Waals surface area contributed by atoms with Crippen molar-refractivity contribution in [3.8, 4) is 22.3 Å². The summed E-state index contributed by atoms with van der Waals surface area (Å²) in [4.78, 5) is 16.9. The number of furan rings is 1. The molecule has 0 spiro atoms. The van der Waals surface area contributed by atoms with Crippen molar-refractivity contribution in [2.24, 2.45) is 0 Å². The van der Waals surface area contributed by atoms with Crippen molar-refractivity contribution in [2.45, 2.75) is 6.92 Å². The molecule has 2 N–H and O–H groups in total. The van der Waals surface area contributed by atoms with Gasteiger partial charge >= 0.3 is 6.03 Å². The van der Waals surface area contributed by atoms with Crippen LogP contribution in [0.15, 0.2) is 58.5 Å². The Balaban J connectivity index is 1.52. The number of amides is 2. The summed E-state index contributed by atoms with van der Waals surface area (Å²) in [6.07, 6.45) is 1.60. The van der Waals surface area contributed by atoms with Gasteiger partial charge in [0.05, 0.1) is 19.1 Å². The van der Waals surface area contributed by atoms with E-state index in [4.69, 9.17) is 9.15 Å². The smallest absolute Gasteiger partial charge is 0.324 e. The first kappa shape index (κ1) is 17.8. The van der Waals surface area contributed by atoms with Crippen molar-refractivity contribution in [1.82, 2.24) is 14.8 Å². The molecule has 28 heavy (non-hydrogen) atoms. The van der Waals surface area contributed by atoms with Crippen LogP contribution in [0, 0.1) is 6.92 Å². The molecule has 0 saturated carbocycles. The number of carbonyl (C=O) groups excluding carboxylic acids is 1. The second kappa shape index (κ2) is 7.57. The molecule has 0 radical (unpaired) electrons. The number of nitrogens with one attached hydrogen (secondary N) is 2. The zero-order valence-corrected chi connectivity index (χ0v) is 16.0. The third-order valence-corrected chi connectivity index (χ3v) is 4.68. The molecule has 0 aliphatic heterocycles. The third kappa shape index (κ3) is 3.74. The normalized spacial score (nSPS) is 10.6. The lowest BCUT2D eigenvalue weighted by molar-refractivity contribution is 0.262. The van der Waals surface area contributed by atoms with Gasteiger partial charge in [-0.1, -0.05) is 0 Å². The summed E-state index contributed by atoms with van der Waals surface area (Å²) >= 11 is 1.41. The Bertz CT molecular complexity index is 1080. The lowest BCUT2D eigenvalue weighted by Gasteiger charge is -2.09. The highest BCUT2D eigenvalue weighted by atomic mass is 32.1. The number of nitrogens with zero attached hydrogens (tertiary/aromatic N) is 3. The van der Waals surface area contributed by atoms with E-state index in [1.54, 1.807) is 48.4 Å². The van der Waals surface area contributed by atoms with Crippen molar-refractivity contribution in [2.75, 3.05) is 17.7 Å². The first-order valence-corrected chi connectivity index (χ1v) is 9.29. The Hall–Kier alpha value is -3.59. The van der Waals surface area contributed by atoms with Gasteiger partial charge < -0.3 is 14.5 Å². The molecule has 9 heteroatoms. The maximum absolute atomic E-state index is 12.4. The molecular weight excluding hydrogens is 378 g/mol. The van der Waals surface area contributed by atoms with E-state index in [9.17, 15) is 4.79 Å². The van der Waals surface area contributed by atoms with E-state index >= 15 is 0 Å². The van der Waals surface area contributed by atoms with Gasteiger partial charge in [-0.25, -0.2) is 9.78 Å². The fourth-order valence-electron chi connectivity index (χ4n) is 2.59. The molecule has 0 bridgehead atoms. The molecule has 0 atom stereocenters. The topological polar surface area (TPSA) is 94.2 Å². The number of hydrogen-bond donors (Lipinski definition) is 2. The number of rotatable bonds is 5. The Kier molecular flexibility index (Phi) is 4.81. The summed E-state index contributed by atoms with van der Waals surface area (Å²) in [5, 5.41) is 12.5. The van der Waals surface area contributed by atoms with Crippen LogP contribution in [0.4, 0.5) is 16.3 Å². The highest BCUT2D eigenvalue weighted by Crippen LogP contribution is 2.26. The first-order valence-electron chi connectivity index (χ1n) is 8.41. The number of hydrogen-bond acceptors (Lipinski definition) is 6. The summed E-state index contributed by atoms with van der Waals surface area (Å²) in [5.41, 5.74) is 2.12. The van der Waals surface area contributed by atoms with Gasteiger partial charge in [0.2, 0.25) is 5.13 Å². The second-order valence-corrected chi connectivity index (χ2v) is 6.72. The number of aromatic nitrogens is 3. The molecule has 0 aliphatic rings. The van der Waals surface area contributed by atoms with E-state index < -0.39 is 0 Å². The number of ether oxygens (including phenoxy) is 1. The fourth-order valence-corrected chi connectivity index (χ4v) is 3.36. The standard InChI is InChI=1S/C19H17N5O3S/c1-12-10-17(22-18(25)20-13-5-7-14(26-2)8-6-13)24(23-12)19-21-15(11-28-19)16-4-3-9-27-16/h3-11H,1-2H3,(H2,20,22,25). The number of aryl methyl sites for hydroxylation is 1. The minimum absolute atomic E-state index is 0.380. The largest absolute Gasteiger partial charge is 0.497 e. The summed E-state index contributed by atoms with van der Waals surface area (Å²) in [7, 11) is 1.59. The fraction of sp³-hybridized carbons (Fsp3) is 0.105. The van der Waals surface area contributed by atoms with E-state index in [2.05, 4.69) is 20.7 Å². The van der Waals surface area contributed by atoms with E-state index in [1.165, 1.54) is 11.3 Å². The van der Waals surface area contributed by atoms with Gasteiger partial charge in [0.15, 0.2) is 5.76 Å². The number of benzene rings is 1. The molecule has 0 unspecified atom stereocenters. The second-order valence-electron chi connectivity index (χ2n) is 5.88. The number of urea groups is 1. The molecule has 3 heterocycles. The number of anilines is 2. The minimum Gasteiger partial charge on any atom is -0.497 e. The molecular formula is C19H17N5O3S. The van der Waals surface area contributed by atoms with Crippen LogP contribution in [0.25, 0.3) is 16.6 Å². The third-order valence-electron chi connectivity index (χ3n) is 3.87. The molecule has 3 aromatic heterocycles. The Morgan fingerprint density at radius 3 is 2.75 bits per heavy atom. The molecule has 8 nitrogen and oxygen atoms in total. The summed E-state index contributed by atoms with van der Waals surface area (Å²) in [6.45, 7) is 1.85. The highest BCUT2D eigenvalue weighted by Gasteiger charge is 2.15. The van der Waals surface area contributed by atoms with E-state index in [-0.39, 0.29) is 6.03 Å². The SMILES string of the molecule is COc1ccc(NC(=O)Nc2cc(C)nn2-c2nc(-c3ccco3)cs2)cc1. The lowest BCUT2D eigenvalue weighted by Crippen LogP contribution is -2.21. The summed E-state index contributed by atoms with van der Waals surface area (Å²) in [6, 6.07) is 12.1. The average Bonchev–Trinajstić information content (AvgIpc) is 3.42. The monoisotopic (exact) mass is 395 g/mol. The molecule has 0 fully saturated rings. The van der Waals surface area contributed by atoms with Gasteiger partial charge in [-0.05, 0) is 43.3 Å². The van der Waals surface area contributed by atoms with Gasteiger partial charge in [-0.3, -0.25) is 5.32 Å². The first-order chi connectivity index (χ1) is 13.6. The van der Waals surface area contributed by atoms with Gasteiger partial charge in [0.1, 0.15) is 17.3 Å². The van der Waals surface area contributed by atoms with Crippen LogP contribution in [0.1, 0.15) is 5.69 Å². The van der Waals surface area contributed by atoms with Crippen LogP contribution in [0.5, 0.6) is 5.75 Å². The van der Waals surface area contributed by atoms with Crippen LogP contribution in [0.3, 0.4) is 0 Å². The van der Waals surface area contributed by atoms with E-state index in [1.807, 2.05) is 24.4 Å². The Morgan fingerprint density at radius 1 is 1.21 bits per heavy atom. The number of thiazole rings is 1. The van der Waals surface area contributed by atoms with E-state index in [0.29, 0.717) is 28.1 Å². The van der Waals surface area contributed by atoms with Crippen LogP contribution in [-0.2, 0) is 0 Å². The Labute approximate surface area is 164 Å². The lowest BCUT2D eigenvalue weighted by atomic mass is 10.3. The molecule has 1 aromatic carbocycles. The molecule has 142 valence electrons. The minimum atomic E-state index is -0.380. The van der Waals surface area contributed by atoms with Crippen molar-refractivity contribution in [3.05, 3.63) is 59.8 Å². The zero-order valence-electron chi connectivity index (χ0n) is 15.2. The molecule has 0 aliphatic carbocycles.